The minimum atomic E-state index is -1.30. The summed E-state index contributed by atoms with van der Waals surface area (Å²) in [6.45, 7) is 3.04. The molecule has 0 radical (unpaired) electrons. The van der Waals surface area contributed by atoms with Crippen LogP contribution in [0.1, 0.15) is 26.7 Å². The number of aliphatic hydroxyl groups is 1. The third-order valence-corrected chi connectivity index (χ3v) is 3.44. The van der Waals surface area contributed by atoms with Crippen LogP contribution in [0.2, 0.25) is 0 Å². The number of carboxylic acid groups (broad SMARTS) is 1. The van der Waals surface area contributed by atoms with Gasteiger partial charge in [-0.25, -0.2) is 4.79 Å². The molecule has 0 aromatic carbocycles. The van der Waals surface area contributed by atoms with Crippen LogP contribution >= 0.6 is 0 Å². The molecule has 0 saturated carbocycles. The van der Waals surface area contributed by atoms with Crippen LogP contribution in [0.15, 0.2) is 0 Å². The monoisotopic (exact) mass is 360 g/mol. The Morgan fingerprint density at radius 1 is 1.12 bits per heavy atom. The molecule has 11 nitrogen and oxygen atoms in total. The number of hydrogen-bond acceptors (Lipinski definition) is 6. The second-order valence-electron chi connectivity index (χ2n) is 5.90. The zero-order valence-electron chi connectivity index (χ0n) is 14.4. The standard InChI is InChI=1S/C14H28N6O5/c1-7(2)10(15)12(23)20-9(6-21)11(22)19-8(13(24)25)4-3-5-18-14(16)17/h7-10,21H,3-6,15H2,1-2H3,(H,19,22)(H,20,23)(H,24,25)(H4,16,17,18)/t8-,9-,10-/m0/s1. The van der Waals surface area contributed by atoms with E-state index in [2.05, 4.69) is 16.0 Å². The zero-order valence-corrected chi connectivity index (χ0v) is 14.4. The van der Waals surface area contributed by atoms with Crippen molar-refractivity contribution in [1.82, 2.24) is 16.0 Å². The molecule has 0 unspecified atom stereocenters. The molecule has 0 aromatic rings. The molecular formula is C14H28N6O5. The maximum Gasteiger partial charge on any atom is 0.326 e. The van der Waals surface area contributed by atoms with Crippen molar-refractivity contribution in [3.8, 4) is 0 Å². The van der Waals surface area contributed by atoms with E-state index in [0.29, 0.717) is 6.42 Å². The number of amides is 2. The number of guanidine groups is 1. The van der Waals surface area contributed by atoms with Gasteiger partial charge in [-0.3, -0.25) is 15.0 Å². The fourth-order valence-electron chi connectivity index (χ4n) is 1.82. The fraction of sp³-hybridized carbons (Fsp3) is 0.714. The highest BCUT2D eigenvalue weighted by molar-refractivity contribution is 5.91. The lowest BCUT2D eigenvalue weighted by atomic mass is 10.0. The van der Waals surface area contributed by atoms with Crippen molar-refractivity contribution in [3.63, 3.8) is 0 Å². The summed E-state index contributed by atoms with van der Waals surface area (Å²) in [6.07, 6.45) is 0.421. The van der Waals surface area contributed by atoms with Crippen LogP contribution in [0.4, 0.5) is 0 Å². The van der Waals surface area contributed by atoms with E-state index in [9.17, 15) is 19.5 Å². The lowest BCUT2D eigenvalue weighted by Gasteiger charge is -2.22. The number of carbonyl (C=O) groups excluding carboxylic acids is 2. The molecule has 0 saturated heterocycles. The Labute approximate surface area is 146 Å². The molecule has 3 atom stereocenters. The second-order valence-corrected chi connectivity index (χ2v) is 5.90. The molecule has 0 aliphatic rings. The van der Waals surface area contributed by atoms with E-state index in [1.54, 1.807) is 13.8 Å². The van der Waals surface area contributed by atoms with Gasteiger partial charge in [-0.15, -0.1) is 0 Å². The Bertz CT molecular complexity index is 484. The van der Waals surface area contributed by atoms with Crippen molar-refractivity contribution >= 4 is 23.7 Å². The molecule has 0 fully saturated rings. The van der Waals surface area contributed by atoms with Crippen molar-refractivity contribution in [3.05, 3.63) is 0 Å². The Kier molecular flexibility index (Phi) is 10.1. The summed E-state index contributed by atoms with van der Waals surface area (Å²) in [5.41, 5.74) is 10.8. The average Bonchev–Trinajstić information content (AvgIpc) is 2.53. The van der Waals surface area contributed by atoms with Crippen LogP contribution < -0.4 is 27.4 Å². The van der Waals surface area contributed by atoms with E-state index in [1.807, 2.05) is 0 Å². The molecule has 0 rings (SSSR count). The van der Waals surface area contributed by atoms with Gasteiger partial charge in [0.2, 0.25) is 11.8 Å². The Hall–Kier alpha value is -2.40. The number of carbonyl (C=O) groups is 3. The highest BCUT2D eigenvalue weighted by Gasteiger charge is 2.28. The third kappa shape index (κ3) is 8.86. The van der Waals surface area contributed by atoms with Crippen molar-refractivity contribution < 1.29 is 24.6 Å². The molecule has 0 heterocycles. The maximum absolute atomic E-state index is 12.1. The van der Waals surface area contributed by atoms with Crippen molar-refractivity contribution in [2.24, 2.45) is 17.4 Å². The first kappa shape index (κ1) is 22.6. The lowest BCUT2D eigenvalue weighted by Crippen LogP contribution is -2.56. The van der Waals surface area contributed by atoms with Crippen LogP contribution in [-0.2, 0) is 14.4 Å². The molecule has 11 heteroatoms. The zero-order chi connectivity index (χ0) is 19.6. The Morgan fingerprint density at radius 3 is 2.12 bits per heavy atom. The quantitative estimate of drug-likeness (QED) is 0.110. The number of hydrogen-bond donors (Lipinski definition) is 8. The van der Waals surface area contributed by atoms with Gasteiger partial charge >= 0.3 is 5.97 Å². The van der Waals surface area contributed by atoms with Gasteiger partial charge in [-0.1, -0.05) is 13.8 Å². The molecular weight excluding hydrogens is 332 g/mol. The minimum absolute atomic E-state index is 0.0823. The van der Waals surface area contributed by atoms with E-state index < -0.39 is 42.5 Å². The number of carboxylic acids is 1. The number of nitrogens with two attached hydrogens (primary N) is 2. The molecule has 0 aromatic heterocycles. The second kappa shape index (κ2) is 11.2. The average molecular weight is 360 g/mol. The first-order valence-corrected chi connectivity index (χ1v) is 7.88. The van der Waals surface area contributed by atoms with Crippen LogP contribution in [0.25, 0.3) is 0 Å². The predicted octanol–water partition coefficient (Wildman–Crippen LogP) is -2.72. The van der Waals surface area contributed by atoms with E-state index in [1.165, 1.54) is 0 Å². The van der Waals surface area contributed by atoms with Gasteiger partial charge in [-0.2, -0.15) is 0 Å². The number of aliphatic hydroxyl groups excluding tert-OH is 1. The predicted molar refractivity (Wildman–Crippen MR) is 90.5 cm³/mol. The van der Waals surface area contributed by atoms with Crippen molar-refractivity contribution in [2.75, 3.05) is 13.2 Å². The normalized spacial score (nSPS) is 14.3. The summed E-state index contributed by atoms with van der Waals surface area (Å²) in [7, 11) is 0. The number of aliphatic carboxylic acids is 1. The molecule has 10 N–H and O–H groups in total. The van der Waals surface area contributed by atoms with Gasteiger partial charge in [-0.05, 0) is 18.8 Å². The van der Waals surface area contributed by atoms with E-state index in [0.717, 1.165) is 0 Å². The third-order valence-electron chi connectivity index (χ3n) is 3.44. The summed E-state index contributed by atoms with van der Waals surface area (Å²) >= 11 is 0. The maximum atomic E-state index is 12.1. The van der Waals surface area contributed by atoms with Crippen molar-refractivity contribution in [2.45, 2.75) is 44.8 Å². The van der Waals surface area contributed by atoms with Gasteiger partial charge in [0.25, 0.3) is 0 Å². The SMILES string of the molecule is CC(C)[C@H](N)C(=O)N[C@@H](CO)C(=O)N[C@@H](CCCNC(=N)N)C(=O)O. The van der Waals surface area contributed by atoms with E-state index >= 15 is 0 Å². The molecule has 0 spiro atoms. The van der Waals surface area contributed by atoms with Gasteiger partial charge in [0.05, 0.1) is 12.6 Å². The van der Waals surface area contributed by atoms with Gasteiger partial charge < -0.3 is 37.6 Å². The smallest absolute Gasteiger partial charge is 0.326 e. The first-order chi connectivity index (χ1) is 11.6. The molecule has 0 aliphatic heterocycles. The molecule has 144 valence electrons. The highest BCUT2D eigenvalue weighted by atomic mass is 16.4. The fourth-order valence-corrected chi connectivity index (χ4v) is 1.82. The van der Waals surface area contributed by atoms with Gasteiger partial charge in [0, 0.05) is 6.54 Å². The topological polar surface area (TPSA) is 204 Å². The minimum Gasteiger partial charge on any atom is -0.480 e. The summed E-state index contributed by atoms with van der Waals surface area (Å²) in [5, 5.41) is 32.5. The first-order valence-electron chi connectivity index (χ1n) is 7.88. The van der Waals surface area contributed by atoms with Crippen LogP contribution in [0.3, 0.4) is 0 Å². The number of rotatable bonds is 11. The summed E-state index contributed by atoms with van der Waals surface area (Å²) in [4.78, 5) is 35.2. The number of nitrogens with one attached hydrogen (secondary N) is 4. The molecule has 2 amide bonds. The largest absolute Gasteiger partial charge is 0.480 e. The van der Waals surface area contributed by atoms with Crippen molar-refractivity contribution in [1.29, 1.82) is 5.41 Å². The van der Waals surface area contributed by atoms with Crippen LogP contribution in [0, 0.1) is 11.3 Å². The van der Waals surface area contributed by atoms with Crippen LogP contribution in [-0.4, -0.2) is 65.2 Å². The van der Waals surface area contributed by atoms with E-state index in [-0.39, 0.29) is 24.8 Å². The lowest BCUT2D eigenvalue weighted by molar-refractivity contribution is -0.142. The van der Waals surface area contributed by atoms with Gasteiger partial charge in [0.15, 0.2) is 5.96 Å². The van der Waals surface area contributed by atoms with E-state index in [4.69, 9.17) is 22.0 Å². The Balaban J connectivity index is 4.65. The van der Waals surface area contributed by atoms with Crippen LogP contribution in [0.5, 0.6) is 0 Å². The molecule has 0 aliphatic carbocycles. The Morgan fingerprint density at radius 2 is 1.68 bits per heavy atom. The molecule has 25 heavy (non-hydrogen) atoms. The summed E-state index contributed by atoms with van der Waals surface area (Å²) < 4.78 is 0. The highest BCUT2D eigenvalue weighted by Crippen LogP contribution is 2.01. The molecule has 0 bridgehead atoms. The van der Waals surface area contributed by atoms with Gasteiger partial charge in [0.1, 0.15) is 12.1 Å². The summed E-state index contributed by atoms with van der Waals surface area (Å²) in [6, 6.07) is -3.35. The summed E-state index contributed by atoms with van der Waals surface area (Å²) in [5.74, 6) is -3.08.